The topological polar surface area (TPSA) is 44.5 Å². The summed E-state index contributed by atoms with van der Waals surface area (Å²) in [5, 5.41) is 0. The van der Waals surface area contributed by atoms with E-state index in [0.717, 1.165) is 23.5 Å². The molecule has 2 rings (SSSR count). The molecule has 118 valence electrons. The Balaban J connectivity index is 2.41. The number of nitrogens with two attached hydrogens (primary N) is 1. The van der Waals surface area contributed by atoms with Crippen molar-refractivity contribution in [1.82, 2.24) is 0 Å². The molecule has 22 heavy (non-hydrogen) atoms. The highest BCUT2D eigenvalue weighted by Crippen LogP contribution is 2.33. The highest BCUT2D eigenvalue weighted by Gasteiger charge is 2.27. The second-order valence-electron chi connectivity index (χ2n) is 5.99. The van der Waals surface area contributed by atoms with Gasteiger partial charge in [-0.2, -0.15) is 0 Å². The van der Waals surface area contributed by atoms with Crippen molar-refractivity contribution in [2.75, 3.05) is 20.8 Å². The van der Waals surface area contributed by atoms with E-state index in [-0.39, 0.29) is 5.41 Å². The van der Waals surface area contributed by atoms with Crippen LogP contribution in [0.15, 0.2) is 42.5 Å². The fourth-order valence-electron chi connectivity index (χ4n) is 2.75. The second kappa shape index (κ2) is 6.84. The minimum Gasteiger partial charge on any atom is -0.497 e. The molecule has 1 atom stereocenters. The van der Waals surface area contributed by atoms with Gasteiger partial charge in [0, 0.05) is 12.0 Å². The summed E-state index contributed by atoms with van der Waals surface area (Å²) in [6.45, 7) is 4.87. The molecule has 0 radical (unpaired) electrons. The van der Waals surface area contributed by atoms with E-state index >= 15 is 0 Å². The van der Waals surface area contributed by atoms with Gasteiger partial charge in [-0.3, -0.25) is 0 Å². The highest BCUT2D eigenvalue weighted by molar-refractivity contribution is 5.43. The van der Waals surface area contributed by atoms with Crippen LogP contribution in [0, 0.1) is 6.92 Å². The summed E-state index contributed by atoms with van der Waals surface area (Å²) in [4.78, 5) is 0. The fourth-order valence-corrected chi connectivity index (χ4v) is 2.75. The van der Waals surface area contributed by atoms with Gasteiger partial charge in [0.2, 0.25) is 0 Å². The largest absolute Gasteiger partial charge is 0.497 e. The van der Waals surface area contributed by atoms with Gasteiger partial charge >= 0.3 is 0 Å². The number of benzene rings is 2. The Morgan fingerprint density at radius 3 is 2.41 bits per heavy atom. The van der Waals surface area contributed by atoms with Gasteiger partial charge in [0.05, 0.1) is 14.2 Å². The minimum atomic E-state index is -0.147. The summed E-state index contributed by atoms with van der Waals surface area (Å²) in [7, 11) is 3.37. The lowest BCUT2D eigenvalue weighted by Crippen LogP contribution is -2.34. The number of aryl methyl sites for hydroxylation is 1. The molecule has 0 fully saturated rings. The Morgan fingerprint density at radius 2 is 1.82 bits per heavy atom. The van der Waals surface area contributed by atoms with E-state index in [2.05, 4.69) is 38.1 Å². The number of rotatable bonds is 6. The van der Waals surface area contributed by atoms with E-state index in [1.165, 1.54) is 11.1 Å². The van der Waals surface area contributed by atoms with Crippen LogP contribution in [-0.2, 0) is 11.8 Å². The van der Waals surface area contributed by atoms with Gasteiger partial charge in [-0.05, 0) is 42.7 Å². The van der Waals surface area contributed by atoms with Gasteiger partial charge in [-0.25, -0.2) is 0 Å². The summed E-state index contributed by atoms with van der Waals surface area (Å²) >= 11 is 0. The van der Waals surface area contributed by atoms with Crippen LogP contribution in [0.1, 0.15) is 23.6 Å². The van der Waals surface area contributed by atoms with Crippen LogP contribution in [0.25, 0.3) is 0 Å². The lowest BCUT2D eigenvalue weighted by molar-refractivity contribution is 0.390. The molecule has 2 aromatic carbocycles. The SMILES string of the molecule is COc1ccc(OC)c(CC(C)(CN)c2cccc(C)c2)c1. The van der Waals surface area contributed by atoms with Gasteiger partial charge in [0.25, 0.3) is 0 Å². The monoisotopic (exact) mass is 299 g/mol. The number of ether oxygens (including phenoxy) is 2. The Kier molecular flexibility index (Phi) is 5.09. The molecule has 0 aliphatic heterocycles. The van der Waals surface area contributed by atoms with Gasteiger partial charge in [-0.1, -0.05) is 36.8 Å². The van der Waals surface area contributed by atoms with E-state index in [1.54, 1.807) is 14.2 Å². The lowest BCUT2D eigenvalue weighted by atomic mass is 9.76. The molecule has 0 aromatic heterocycles. The maximum absolute atomic E-state index is 6.13. The molecule has 0 aliphatic carbocycles. The molecule has 2 N–H and O–H groups in total. The minimum absolute atomic E-state index is 0.147. The maximum atomic E-state index is 6.13. The number of hydrogen-bond acceptors (Lipinski definition) is 3. The zero-order valence-electron chi connectivity index (χ0n) is 13.8. The van der Waals surface area contributed by atoms with Crippen molar-refractivity contribution in [2.24, 2.45) is 5.73 Å². The second-order valence-corrected chi connectivity index (χ2v) is 5.99. The van der Waals surface area contributed by atoms with Crippen molar-refractivity contribution in [3.8, 4) is 11.5 Å². The van der Waals surface area contributed by atoms with Crippen LogP contribution in [0.4, 0.5) is 0 Å². The molecule has 0 aliphatic rings. The number of hydrogen-bond donors (Lipinski definition) is 1. The molecule has 3 heteroatoms. The van der Waals surface area contributed by atoms with Crippen LogP contribution >= 0.6 is 0 Å². The normalized spacial score (nSPS) is 13.5. The lowest BCUT2D eigenvalue weighted by Gasteiger charge is -2.30. The number of methoxy groups -OCH3 is 2. The predicted molar refractivity (Wildman–Crippen MR) is 90.8 cm³/mol. The van der Waals surface area contributed by atoms with Gasteiger partial charge in [0.15, 0.2) is 0 Å². The third-order valence-corrected chi connectivity index (χ3v) is 4.23. The van der Waals surface area contributed by atoms with Crippen LogP contribution in [0.2, 0.25) is 0 Å². The van der Waals surface area contributed by atoms with Crippen molar-refractivity contribution < 1.29 is 9.47 Å². The van der Waals surface area contributed by atoms with Crippen molar-refractivity contribution in [2.45, 2.75) is 25.7 Å². The van der Waals surface area contributed by atoms with Gasteiger partial charge in [0.1, 0.15) is 11.5 Å². The van der Waals surface area contributed by atoms with Crippen molar-refractivity contribution in [1.29, 1.82) is 0 Å². The summed E-state index contributed by atoms with van der Waals surface area (Å²) in [5.41, 5.74) is 9.58. The Hall–Kier alpha value is -2.00. The van der Waals surface area contributed by atoms with Crippen LogP contribution in [-0.4, -0.2) is 20.8 Å². The Morgan fingerprint density at radius 1 is 1.05 bits per heavy atom. The average Bonchev–Trinajstić information content (AvgIpc) is 2.54. The molecule has 0 spiro atoms. The van der Waals surface area contributed by atoms with E-state index in [9.17, 15) is 0 Å². The van der Waals surface area contributed by atoms with Crippen molar-refractivity contribution >= 4 is 0 Å². The average molecular weight is 299 g/mol. The summed E-state index contributed by atoms with van der Waals surface area (Å²) in [6.07, 6.45) is 0.799. The molecule has 0 saturated carbocycles. The van der Waals surface area contributed by atoms with Crippen molar-refractivity contribution in [3.63, 3.8) is 0 Å². The summed E-state index contributed by atoms with van der Waals surface area (Å²) < 4.78 is 10.8. The van der Waals surface area contributed by atoms with E-state index in [0.29, 0.717) is 6.54 Å². The zero-order chi connectivity index (χ0) is 16.2. The zero-order valence-corrected chi connectivity index (χ0v) is 13.8. The first-order valence-corrected chi connectivity index (χ1v) is 7.50. The maximum Gasteiger partial charge on any atom is 0.122 e. The first kappa shape index (κ1) is 16.4. The van der Waals surface area contributed by atoms with E-state index in [1.807, 2.05) is 18.2 Å². The molecule has 0 heterocycles. The molecule has 3 nitrogen and oxygen atoms in total. The first-order valence-electron chi connectivity index (χ1n) is 7.50. The molecule has 0 saturated heterocycles. The van der Waals surface area contributed by atoms with Crippen LogP contribution in [0.5, 0.6) is 11.5 Å². The quantitative estimate of drug-likeness (QED) is 0.888. The third-order valence-electron chi connectivity index (χ3n) is 4.23. The first-order chi connectivity index (χ1) is 10.5. The molecule has 1 unspecified atom stereocenters. The van der Waals surface area contributed by atoms with Gasteiger partial charge in [-0.15, -0.1) is 0 Å². The smallest absolute Gasteiger partial charge is 0.122 e. The standard InChI is InChI=1S/C19H25NO2/c1-14-6-5-7-16(10-14)19(2,13-20)12-15-11-17(21-3)8-9-18(15)22-4/h5-11H,12-13,20H2,1-4H3. The van der Waals surface area contributed by atoms with Gasteiger partial charge < -0.3 is 15.2 Å². The molecule has 0 bridgehead atoms. The van der Waals surface area contributed by atoms with E-state index in [4.69, 9.17) is 15.2 Å². The molecule has 0 amide bonds. The summed E-state index contributed by atoms with van der Waals surface area (Å²) in [5.74, 6) is 1.70. The van der Waals surface area contributed by atoms with E-state index < -0.39 is 0 Å². The van der Waals surface area contributed by atoms with Crippen molar-refractivity contribution in [3.05, 3.63) is 59.2 Å². The predicted octanol–water partition coefficient (Wildman–Crippen LogP) is 3.47. The Labute approximate surface area is 133 Å². The fraction of sp³-hybridized carbons (Fsp3) is 0.368. The molecular formula is C19H25NO2. The van der Waals surface area contributed by atoms with Crippen LogP contribution < -0.4 is 15.2 Å². The highest BCUT2D eigenvalue weighted by atomic mass is 16.5. The summed E-state index contributed by atoms with van der Waals surface area (Å²) in [6, 6.07) is 14.4. The third kappa shape index (κ3) is 3.42. The molecular weight excluding hydrogens is 274 g/mol. The van der Waals surface area contributed by atoms with Crippen LogP contribution in [0.3, 0.4) is 0 Å². The Bertz CT molecular complexity index is 639. The molecule has 2 aromatic rings.